The number of fused-ring (bicyclic) bond motifs is 1. The Balaban J connectivity index is 1.20. The lowest BCUT2D eigenvalue weighted by Gasteiger charge is -2.23. The van der Waals surface area contributed by atoms with Crippen LogP contribution in [0.1, 0.15) is 24.0 Å². The Hall–Kier alpha value is -3.71. The Morgan fingerprint density at radius 3 is 2.55 bits per heavy atom. The molecule has 0 atom stereocenters. The number of nitrogens with zero attached hydrogens (tertiary/aromatic N) is 3. The number of ether oxygens (including phenoxy) is 1. The van der Waals surface area contributed by atoms with Gasteiger partial charge in [0.1, 0.15) is 11.9 Å². The number of rotatable bonds is 6. The molecule has 7 heteroatoms. The molecule has 0 radical (unpaired) electrons. The van der Waals surface area contributed by atoms with Crippen LogP contribution in [0, 0.1) is 0 Å². The van der Waals surface area contributed by atoms with Crippen LogP contribution in [-0.4, -0.2) is 39.4 Å². The van der Waals surface area contributed by atoms with Crippen molar-refractivity contribution in [3.8, 4) is 5.75 Å². The quantitative estimate of drug-likeness (QED) is 0.435. The van der Waals surface area contributed by atoms with E-state index in [0.29, 0.717) is 12.1 Å². The van der Waals surface area contributed by atoms with Gasteiger partial charge in [-0.3, -0.25) is 5.10 Å². The lowest BCUT2D eigenvalue weighted by molar-refractivity contribution is 0.162. The van der Waals surface area contributed by atoms with Crippen molar-refractivity contribution in [2.75, 3.05) is 18.4 Å². The molecule has 5 rings (SSSR count). The fraction of sp³-hybridized carbons (Fsp3) is 0.208. The number of hydrogen-bond donors (Lipinski definition) is 3. The number of H-pyrrole nitrogens is 1. The minimum Gasteiger partial charge on any atom is -0.490 e. The van der Waals surface area contributed by atoms with Crippen LogP contribution >= 0.6 is 0 Å². The highest BCUT2D eigenvalue weighted by atomic mass is 16.5. The first kappa shape index (κ1) is 19.3. The van der Waals surface area contributed by atoms with Crippen LogP contribution in [0.2, 0.25) is 0 Å². The molecule has 156 valence electrons. The average Bonchev–Trinajstić information content (AvgIpc) is 3.30. The van der Waals surface area contributed by atoms with E-state index >= 15 is 0 Å². The van der Waals surface area contributed by atoms with Gasteiger partial charge in [-0.05, 0) is 61.8 Å². The van der Waals surface area contributed by atoms with Crippen molar-refractivity contribution in [2.45, 2.75) is 18.9 Å². The Kier molecular flexibility index (Phi) is 5.58. The highest BCUT2D eigenvalue weighted by molar-refractivity contribution is 5.90. The van der Waals surface area contributed by atoms with Crippen molar-refractivity contribution < 1.29 is 4.74 Å². The molecule has 0 saturated carbocycles. The van der Waals surface area contributed by atoms with Gasteiger partial charge < -0.3 is 15.4 Å². The summed E-state index contributed by atoms with van der Waals surface area (Å²) in [6.07, 6.45) is 11.9. The fourth-order valence-electron chi connectivity index (χ4n) is 3.66. The third kappa shape index (κ3) is 4.73. The molecule has 4 aromatic rings. The van der Waals surface area contributed by atoms with Crippen LogP contribution < -0.4 is 15.4 Å². The zero-order valence-corrected chi connectivity index (χ0v) is 17.1. The van der Waals surface area contributed by atoms with Crippen molar-refractivity contribution in [2.24, 2.45) is 0 Å². The van der Waals surface area contributed by atoms with Crippen LogP contribution in [-0.2, 0) is 0 Å². The highest BCUT2D eigenvalue weighted by Crippen LogP contribution is 2.22. The number of anilines is 2. The summed E-state index contributed by atoms with van der Waals surface area (Å²) in [4.78, 5) is 8.85. The summed E-state index contributed by atoms with van der Waals surface area (Å²) in [5, 5.41) is 14.8. The fourth-order valence-corrected chi connectivity index (χ4v) is 3.66. The largest absolute Gasteiger partial charge is 0.490 e. The predicted molar refractivity (Wildman–Crippen MR) is 123 cm³/mol. The highest BCUT2D eigenvalue weighted by Gasteiger charge is 2.14. The number of hydrogen-bond acceptors (Lipinski definition) is 6. The van der Waals surface area contributed by atoms with E-state index in [2.05, 4.69) is 36.9 Å². The van der Waals surface area contributed by atoms with E-state index in [-0.39, 0.29) is 0 Å². The summed E-state index contributed by atoms with van der Waals surface area (Å²) in [6, 6.07) is 14.0. The van der Waals surface area contributed by atoms with E-state index in [9.17, 15) is 0 Å². The lowest BCUT2D eigenvalue weighted by Crippen LogP contribution is -2.34. The molecule has 1 aliphatic heterocycles. The molecule has 3 N–H and O–H groups in total. The van der Waals surface area contributed by atoms with Crippen LogP contribution in [0.25, 0.3) is 23.1 Å². The summed E-state index contributed by atoms with van der Waals surface area (Å²) in [5.41, 5.74) is 3.97. The zero-order chi connectivity index (χ0) is 20.9. The van der Waals surface area contributed by atoms with Crippen molar-refractivity contribution in [3.05, 3.63) is 72.2 Å². The molecular weight excluding hydrogens is 388 g/mol. The molecule has 3 heterocycles. The predicted octanol–water partition coefficient (Wildman–Crippen LogP) is 4.40. The normalized spacial score (nSPS) is 14.8. The zero-order valence-electron chi connectivity index (χ0n) is 17.1. The Bertz CT molecular complexity index is 1160. The van der Waals surface area contributed by atoms with Crippen LogP contribution in [0.3, 0.4) is 0 Å². The van der Waals surface area contributed by atoms with Crippen molar-refractivity contribution in [1.29, 1.82) is 0 Å². The van der Waals surface area contributed by atoms with E-state index in [4.69, 9.17) is 4.74 Å². The van der Waals surface area contributed by atoms with Gasteiger partial charge in [0.2, 0.25) is 5.95 Å². The van der Waals surface area contributed by atoms with E-state index in [1.165, 1.54) is 0 Å². The van der Waals surface area contributed by atoms with Gasteiger partial charge in [-0.25, -0.2) is 9.97 Å². The first-order valence-corrected chi connectivity index (χ1v) is 10.5. The van der Waals surface area contributed by atoms with Gasteiger partial charge in [0, 0.05) is 29.0 Å². The molecule has 1 aliphatic rings. The molecule has 2 aromatic carbocycles. The molecule has 7 nitrogen and oxygen atoms in total. The third-order valence-electron chi connectivity index (χ3n) is 5.35. The Morgan fingerprint density at radius 2 is 1.74 bits per heavy atom. The van der Waals surface area contributed by atoms with E-state index in [1.807, 2.05) is 54.7 Å². The van der Waals surface area contributed by atoms with Crippen molar-refractivity contribution in [1.82, 2.24) is 25.5 Å². The number of benzene rings is 2. The summed E-state index contributed by atoms with van der Waals surface area (Å²) < 4.78 is 6.05. The second-order valence-corrected chi connectivity index (χ2v) is 7.57. The molecule has 0 aliphatic carbocycles. The summed E-state index contributed by atoms with van der Waals surface area (Å²) in [6.45, 7) is 2.04. The topological polar surface area (TPSA) is 87.8 Å². The molecule has 0 amide bonds. The number of aromatic amines is 1. The van der Waals surface area contributed by atoms with Gasteiger partial charge in [0.25, 0.3) is 0 Å². The summed E-state index contributed by atoms with van der Waals surface area (Å²) >= 11 is 0. The minimum atomic E-state index is 0.296. The Labute approximate surface area is 180 Å². The smallest absolute Gasteiger partial charge is 0.227 e. The van der Waals surface area contributed by atoms with Gasteiger partial charge in [0.15, 0.2) is 0 Å². The molecule has 0 bridgehead atoms. The van der Waals surface area contributed by atoms with Gasteiger partial charge >= 0.3 is 0 Å². The van der Waals surface area contributed by atoms with Crippen molar-refractivity contribution in [3.63, 3.8) is 0 Å². The lowest BCUT2D eigenvalue weighted by atomic mass is 10.1. The maximum atomic E-state index is 6.05. The van der Waals surface area contributed by atoms with Gasteiger partial charge in [0.05, 0.1) is 11.7 Å². The Morgan fingerprint density at radius 1 is 0.935 bits per heavy atom. The second kappa shape index (κ2) is 8.97. The molecule has 1 saturated heterocycles. The van der Waals surface area contributed by atoms with Crippen LogP contribution in [0.4, 0.5) is 11.6 Å². The van der Waals surface area contributed by atoms with E-state index in [0.717, 1.165) is 59.4 Å². The molecule has 0 spiro atoms. The van der Waals surface area contributed by atoms with Gasteiger partial charge in [-0.2, -0.15) is 5.10 Å². The molecular formula is C24H24N6O. The molecule has 0 unspecified atom stereocenters. The third-order valence-corrected chi connectivity index (χ3v) is 5.35. The number of nitrogens with one attached hydrogen (secondary N) is 3. The summed E-state index contributed by atoms with van der Waals surface area (Å²) in [5.74, 6) is 1.45. The summed E-state index contributed by atoms with van der Waals surface area (Å²) in [7, 11) is 0. The first-order valence-electron chi connectivity index (χ1n) is 10.5. The van der Waals surface area contributed by atoms with Crippen molar-refractivity contribution >= 4 is 34.7 Å². The van der Waals surface area contributed by atoms with E-state index < -0.39 is 0 Å². The van der Waals surface area contributed by atoms with Crippen LogP contribution in [0.5, 0.6) is 5.75 Å². The van der Waals surface area contributed by atoms with Crippen LogP contribution in [0.15, 0.2) is 61.1 Å². The second-order valence-electron chi connectivity index (χ2n) is 7.57. The number of piperidine rings is 1. The standard InChI is InChI=1S/C24H24N6O/c1-2-18(22-16-28-30-23(22)3-1)5-4-17-14-26-24(27-15-17)29-19-6-8-20(9-7-19)31-21-10-12-25-13-11-21/h1-9,14-16,21,25H,10-13H2,(H,28,30)(H,26,27,29). The maximum absolute atomic E-state index is 6.05. The number of aromatic nitrogens is 4. The molecule has 1 fully saturated rings. The maximum Gasteiger partial charge on any atom is 0.227 e. The molecule has 2 aromatic heterocycles. The monoisotopic (exact) mass is 412 g/mol. The average molecular weight is 412 g/mol. The van der Waals surface area contributed by atoms with Gasteiger partial charge in [-0.15, -0.1) is 0 Å². The van der Waals surface area contributed by atoms with Gasteiger partial charge in [-0.1, -0.05) is 24.3 Å². The van der Waals surface area contributed by atoms with E-state index in [1.54, 1.807) is 12.4 Å². The first-order chi connectivity index (χ1) is 15.3. The minimum absolute atomic E-state index is 0.296. The molecule has 31 heavy (non-hydrogen) atoms. The SMILES string of the molecule is C(=Cc1cccc2[nH]ncc12)c1cnc(Nc2ccc(OC3CCNCC3)cc2)nc1.